The molecule has 0 aliphatic heterocycles. The van der Waals surface area contributed by atoms with E-state index in [1.165, 1.54) is 29.1 Å². The number of ether oxygens (including phenoxy) is 1. The van der Waals surface area contributed by atoms with Crippen molar-refractivity contribution in [3.8, 4) is 5.75 Å². The molecule has 142 valence electrons. The number of aryl methyl sites for hydroxylation is 2. The lowest BCUT2D eigenvalue weighted by Gasteiger charge is -2.15. The van der Waals surface area contributed by atoms with Crippen LogP contribution in [0.3, 0.4) is 0 Å². The lowest BCUT2D eigenvalue weighted by molar-refractivity contribution is 0.110. The van der Waals surface area contributed by atoms with Gasteiger partial charge in [0.25, 0.3) is 0 Å². The number of hydrogen-bond acceptors (Lipinski definition) is 5. The summed E-state index contributed by atoms with van der Waals surface area (Å²) in [7, 11) is 0. The van der Waals surface area contributed by atoms with Gasteiger partial charge in [-0.25, -0.2) is 14.4 Å². The summed E-state index contributed by atoms with van der Waals surface area (Å²) in [5, 5.41) is 17.2. The summed E-state index contributed by atoms with van der Waals surface area (Å²) in [6.45, 7) is 7.58. The van der Waals surface area contributed by atoms with E-state index in [4.69, 9.17) is 4.74 Å². The summed E-state index contributed by atoms with van der Waals surface area (Å²) in [6, 6.07) is 5.69. The molecule has 2 aromatic rings. The van der Waals surface area contributed by atoms with Crippen molar-refractivity contribution in [2.75, 3.05) is 19.7 Å². The summed E-state index contributed by atoms with van der Waals surface area (Å²) in [5.41, 5.74) is 1.03. The predicted octanol–water partition coefficient (Wildman–Crippen LogP) is 2.39. The first kappa shape index (κ1) is 20.1. The number of hydrogen-bond donors (Lipinski definition) is 3. The van der Waals surface area contributed by atoms with Gasteiger partial charge >= 0.3 is 0 Å². The Morgan fingerprint density at radius 1 is 1.31 bits per heavy atom. The number of aliphatic imine (C=N–C) groups is 1. The average Bonchev–Trinajstić information content (AvgIpc) is 2.95. The summed E-state index contributed by atoms with van der Waals surface area (Å²) in [6.07, 6.45) is -0.728. The molecule has 0 radical (unpaired) electrons. The van der Waals surface area contributed by atoms with Gasteiger partial charge in [-0.1, -0.05) is 0 Å². The molecule has 3 N–H and O–H groups in total. The molecule has 1 heterocycles. The van der Waals surface area contributed by atoms with Crippen LogP contribution in [0.2, 0.25) is 0 Å². The van der Waals surface area contributed by atoms with Crippen LogP contribution in [0.1, 0.15) is 22.5 Å². The van der Waals surface area contributed by atoms with Crippen molar-refractivity contribution >= 4 is 17.3 Å². The van der Waals surface area contributed by atoms with Crippen molar-refractivity contribution in [2.24, 2.45) is 4.99 Å². The fraction of sp³-hybridized carbons (Fsp3) is 0.444. The number of guanidine groups is 1. The molecule has 0 spiro atoms. The van der Waals surface area contributed by atoms with Crippen LogP contribution in [0.25, 0.3) is 0 Å². The molecule has 0 aliphatic carbocycles. The van der Waals surface area contributed by atoms with Gasteiger partial charge in [0.05, 0.1) is 12.2 Å². The second-order valence-electron chi connectivity index (χ2n) is 5.74. The van der Waals surface area contributed by atoms with Crippen molar-refractivity contribution in [2.45, 2.75) is 33.4 Å². The Bertz CT molecular complexity index is 699. The molecule has 0 fully saturated rings. The van der Waals surface area contributed by atoms with E-state index < -0.39 is 6.10 Å². The topological polar surface area (TPSA) is 78.8 Å². The van der Waals surface area contributed by atoms with Crippen LogP contribution in [0.4, 0.5) is 4.39 Å². The van der Waals surface area contributed by atoms with Gasteiger partial charge in [0.2, 0.25) is 0 Å². The van der Waals surface area contributed by atoms with Gasteiger partial charge in [0.15, 0.2) is 5.96 Å². The van der Waals surface area contributed by atoms with Gasteiger partial charge in [0.1, 0.15) is 29.3 Å². The highest BCUT2D eigenvalue weighted by Crippen LogP contribution is 2.17. The minimum atomic E-state index is -0.728. The standard InChI is InChI=1S/C18H25FN4O2S/c1-4-20-18(22-10-17-23-12(2)13(3)26-17)21-9-15(24)11-25-16-7-5-14(19)6-8-16/h5-8,15,24H,4,9-11H2,1-3H3,(H2,20,21,22). The highest BCUT2D eigenvalue weighted by atomic mass is 32.1. The molecule has 0 amide bonds. The minimum absolute atomic E-state index is 0.100. The SMILES string of the molecule is CCNC(=NCc1nc(C)c(C)s1)NCC(O)COc1ccc(F)cc1. The Balaban J connectivity index is 1.80. The first-order chi connectivity index (χ1) is 12.5. The minimum Gasteiger partial charge on any atom is -0.491 e. The number of aromatic nitrogens is 1. The first-order valence-corrected chi connectivity index (χ1v) is 9.31. The molecule has 1 unspecified atom stereocenters. The number of aliphatic hydroxyl groups is 1. The molecule has 26 heavy (non-hydrogen) atoms. The van der Waals surface area contributed by atoms with Crippen molar-refractivity contribution < 1.29 is 14.2 Å². The first-order valence-electron chi connectivity index (χ1n) is 8.49. The summed E-state index contributed by atoms with van der Waals surface area (Å²) >= 11 is 1.64. The molecule has 0 saturated carbocycles. The maximum Gasteiger partial charge on any atom is 0.191 e. The second-order valence-corrected chi connectivity index (χ2v) is 7.03. The zero-order chi connectivity index (χ0) is 18.9. The third-order valence-corrected chi connectivity index (χ3v) is 4.61. The van der Waals surface area contributed by atoms with Gasteiger partial charge in [0, 0.05) is 18.0 Å². The maximum atomic E-state index is 12.8. The van der Waals surface area contributed by atoms with Crippen LogP contribution in [-0.2, 0) is 6.54 Å². The van der Waals surface area contributed by atoms with E-state index in [0.717, 1.165) is 10.7 Å². The van der Waals surface area contributed by atoms with Crippen molar-refractivity contribution in [3.63, 3.8) is 0 Å². The summed E-state index contributed by atoms with van der Waals surface area (Å²) in [4.78, 5) is 10.1. The van der Waals surface area contributed by atoms with Crippen LogP contribution in [-0.4, -0.2) is 41.9 Å². The number of halogens is 1. The van der Waals surface area contributed by atoms with Gasteiger partial charge < -0.3 is 20.5 Å². The predicted molar refractivity (Wildman–Crippen MR) is 102 cm³/mol. The second kappa shape index (κ2) is 10.1. The van der Waals surface area contributed by atoms with Crippen LogP contribution in [0.15, 0.2) is 29.3 Å². The summed E-state index contributed by atoms with van der Waals surface area (Å²) < 4.78 is 18.3. The molecular formula is C18H25FN4O2S. The molecule has 2 rings (SSSR count). The van der Waals surface area contributed by atoms with Crippen LogP contribution >= 0.6 is 11.3 Å². The lowest BCUT2D eigenvalue weighted by Crippen LogP contribution is -2.42. The fourth-order valence-corrected chi connectivity index (χ4v) is 2.95. The summed E-state index contributed by atoms with van der Waals surface area (Å²) in [5.74, 6) is 0.802. The molecule has 8 heteroatoms. The van der Waals surface area contributed by atoms with Crippen molar-refractivity contribution in [3.05, 3.63) is 45.7 Å². The lowest BCUT2D eigenvalue weighted by atomic mass is 10.3. The largest absolute Gasteiger partial charge is 0.491 e. The monoisotopic (exact) mass is 380 g/mol. The van der Waals surface area contributed by atoms with Crippen molar-refractivity contribution in [1.29, 1.82) is 0 Å². The van der Waals surface area contributed by atoms with Gasteiger partial charge in [-0.15, -0.1) is 11.3 Å². The van der Waals surface area contributed by atoms with E-state index >= 15 is 0 Å². The molecule has 6 nitrogen and oxygen atoms in total. The molecule has 1 aromatic carbocycles. The Kier molecular flexibility index (Phi) is 7.80. The quantitative estimate of drug-likeness (QED) is 0.484. The Labute approximate surface area is 157 Å². The van der Waals surface area contributed by atoms with E-state index in [-0.39, 0.29) is 19.0 Å². The number of nitrogens with zero attached hydrogens (tertiary/aromatic N) is 2. The van der Waals surface area contributed by atoms with E-state index in [1.807, 2.05) is 20.8 Å². The van der Waals surface area contributed by atoms with Crippen LogP contribution < -0.4 is 15.4 Å². The average molecular weight is 380 g/mol. The number of aliphatic hydroxyl groups excluding tert-OH is 1. The molecule has 1 atom stereocenters. The van der Waals surface area contributed by atoms with E-state index in [2.05, 4.69) is 20.6 Å². The number of nitrogens with one attached hydrogen (secondary N) is 2. The van der Waals surface area contributed by atoms with Gasteiger partial charge in [-0.2, -0.15) is 0 Å². The van der Waals surface area contributed by atoms with E-state index in [1.54, 1.807) is 11.3 Å². The van der Waals surface area contributed by atoms with Gasteiger partial charge in [-0.05, 0) is 45.0 Å². The zero-order valence-electron chi connectivity index (χ0n) is 15.3. The maximum absolute atomic E-state index is 12.8. The fourth-order valence-electron chi connectivity index (χ4n) is 2.09. The molecule has 1 aromatic heterocycles. The van der Waals surface area contributed by atoms with Crippen molar-refractivity contribution in [1.82, 2.24) is 15.6 Å². The number of thiazole rings is 1. The Morgan fingerprint density at radius 2 is 2.04 bits per heavy atom. The smallest absolute Gasteiger partial charge is 0.191 e. The Hall–Kier alpha value is -2.19. The highest BCUT2D eigenvalue weighted by Gasteiger charge is 2.08. The van der Waals surface area contributed by atoms with E-state index in [0.29, 0.717) is 24.8 Å². The number of benzene rings is 1. The molecule has 0 bridgehead atoms. The zero-order valence-corrected chi connectivity index (χ0v) is 16.1. The third-order valence-electron chi connectivity index (χ3n) is 3.55. The number of rotatable bonds is 8. The highest BCUT2D eigenvalue weighted by molar-refractivity contribution is 7.11. The normalized spacial score (nSPS) is 12.7. The van der Waals surface area contributed by atoms with Crippen LogP contribution in [0.5, 0.6) is 5.75 Å². The van der Waals surface area contributed by atoms with Gasteiger partial charge in [-0.3, -0.25) is 0 Å². The molecule has 0 saturated heterocycles. The van der Waals surface area contributed by atoms with E-state index in [9.17, 15) is 9.50 Å². The molecular weight excluding hydrogens is 355 g/mol. The van der Waals surface area contributed by atoms with Crippen LogP contribution in [0, 0.1) is 19.7 Å². The third kappa shape index (κ3) is 6.61. The Morgan fingerprint density at radius 3 is 2.65 bits per heavy atom. The molecule has 0 aliphatic rings.